The molecule has 0 saturated carbocycles. The third kappa shape index (κ3) is 4.60. The quantitative estimate of drug-likeness (QED) is 0.391. The van der Waals surface area contributed by atoms with E-state index < -0.39 is 22.4 Å². The average molecular weight is 439 g/mol. The van der Waals surface area contributed by atoms with Crippen molar-refractivity contribution in [2.75, 3.05) is 5.43 Å². The number of alkyl halides is 3. The number of nitrogens with zero attached hydrogens (tertiary/aromatic N) is 2. The van der Waals surface area contributed by atoms with Crippen LogP contribution in [-0.2, 0) is 6.18 Å². The molecule has 0 heterocycles. The van der Waals surface area contributed by atoms with Crippen molar-refractivity contribution < 1.29 is 23.2 Å². The molecule has 0 aromatic heterocycles. The second kappa shape index (κ2) is 7.28. The van der Waals surface area contributed by atoms with Gasteiger partial charge >= 0.3 is 6.18 Å². The molecule has 0 spiro atoms. The Kier molecular flexibility index (Phi) is 5.53. The Morgan fingerprint density at radius 1 is 1.32 bits per heavy atom. The Labute approximate surface area is 152 Å². The summed E-state index contributed by atoms with van der Waals surface area (Å²) in [7, 11) is 0. The third-order valence-corrected chi connectivity index (χ3v) is 3.79. The molecule has 6 nitrogen and oxygen atoms in total. The van der Waals surface area contributed by atoms with Crippen LogP contribution in [0.4, 0.5) is 24.5 Å². The molecule has 0 bridgehead atoms. The summed E-state index contributed by atoms with van der Waals surface area (Å²) >= 11 is 8.90. The molecule has 0 atom stereocenters. The Morgan fingerprint density at radius 2 is 2.00 bits per heavy atom. The molecule has 2 aromatic carbocycles. The molecule has 2 aromatic rings. The molecule has 11 heteroatoms. The van der Waals surface area contributed by atoms with Crippen molar-refractivity contribution >= 4 is 45.1 Å². The maximum Gasteiger partial charge on any atom is 0.416 e. The summed E-state index contributed by atoms with van der Waals surface area (Å²) in [4.78, 5) is 10.0. The first-order chi connectivity index (χ1) is 11.6. The highest BCUT2D eigenvalue weighted by Crippen LogP contribution is 2.35. The van der Waals surface area contributed by atoms with E-state index in [4.69, 9.17) is 11.6 Å². The van der Waals surface area contributed by atoms with Gasteiger partial charge in [-0.2, -0.15) is 18.3 Å². The van der Waals surface area contributed by atoms with E-state index in [9.17, 15) is 28.4 Å². The zero-order chi connectivity index (χ0) is 18.8. The van der Waals surface area contributed by atoms with E-state index in [-0.39, 0.29) is 17.0 Å². The molecule has 0 aliphatic rings. The van der Waals surface area contributed by atoms with Crippen LogP contribution in [0.5, 0.6) is 5.75 Å². The molecule has 132 valence electrons. The van der Waals surface area contributed by atoms with Crippen LogP contribution >= 0.6 is 27.5 Å². The van der Waals surface area contributed by atoms with Crippen molar-refractivity contribution in [1.29, 1.82) is 0 Å². The van der Waals surface area contributed by atoms with Crippen molar-refractivity contribution in [2.45, 2.75) is 6.18 Å². The van der Waals surface area contributed by atoms with Gasteiger partial charge in [0.1, 0.15) is 11.4 Å². The monoisotopic (exact) mass is 437 g/mol. The predicted octanol–water partition coefficient (Wildman–Crippen LogP) is 5.18. The van der Waals surface area contributed by atoms with E-state index in [1.54, 1.807) is 0 Å². The highest BCUT2D eigenvalue weighted by Gasteiger charge is 2.33. The minimum absolute atomic E-state index is 0.170. The number of phenols is 1. The van der Waals surface area contributed by atoms with E-state index in [0.29, 0.717) is 21.6 Å². The lowest BCUT2D eigenvalue weighted by molar-refractivity contribution is -0.384. The van der Waals surface area contributed by atoms with Crippen LogP contribution in [0.15, 0.2) is 39.9 Å². The first kappa shape index (κ1) is 19.0. The highest BCUT2D eigenvalue weighted by atomic mass is 79.9. The van der Waals surface area contributed by atoms with Crippen LogP contribution in [0.25, 0.3) is 0 Å². The van der Waals surface area contributed by atoms with Gasteiger partial charge in [-0.15, -0.1) is 0 Å². The molecule has 0 radical (unpaired) electrons. The Morgan fingerprint density at radius 3 is 2.60 bits per heavy atom. The fourth-order valence-corrected chi connectivity index (χ4v) is 2.64. The molecule has 25 heavy (non-hydrogen) atoms. The number of halogens is 5. The van der Waals surface area contributed by atoms with Crippen molar-refractivity contribution in [3.05, 3.63) is 61.1 Å². The van der Waals surface area contributed by atoms with Gasteiger partial charge < -0.3 is 5.11 Å². The van der Waals surface area contributed by atoms with Gasteiger partial charge in [0.05, 0.1) is 21.2 Å². The topological polar surface area (TPSA) is 87.8 Å². The first-order valence-corrected chi connectivity index (χ1v) is 7.59. The highest BCUT2D eigenvalue weighted by molar-refractivity contribution is 9.10. The summed E-state index contributed by atoms with van der Waals surface area (Å²) < 4.78 is 38.2. The summed E-state index contributed by atoms with van der Waals surface area (Å²) in [6.07, 6.45) is -3.58. The summed E-state index contributed by atoms with van der Waals surface area (Å²) in [6.45, 7) is 0. The van der Waals surface area contributed by atoms with Crippen molar-refractivity contribution in [2.24, 2.45) is 5.10 Å². The number of hydrogen-bond acceptors (Lipinski definition) is 5. The number of benzene rings is 2. The maximum absolute atomic E-state index is 12.6. The van der Waals surface area contributed by atoms with Crippen LogP contribution in [0.3, 0.4) is 0 Å². The van der Waals surface area contributed by atoms with Crippen molar-refractivity contribution in [1.82, 2.24) is 0 Å². The standard InChI is InChI=1S/C14H8BrClF3N3O3/c15-10-5-9(16)3-7(13(10)23)6-20-21-11-2-1-8(14(17,18)19)4-12(11)22(24)25/h1-6,21,23H/b20-6+. The lowest BCUT2D eigenvalue weighted by Gasteiger charge is -2.08. The molecule has 0 unspecified atom stereocenters. The molecular formula is C14H8BrClF3N3O3. The minimum Gasteiger partial charge on any atom is -0.506 e. The van der Waals surface area contributed by atoms with Gasteiger partial charge in [-0.05, 0) is 40.2 Å². The zero-order valence-electron chi connectivity index (χ0n) is 12.0. The molecule has 0 aliphatic heterocycles. The van der Waals surface area contributed by atoms with E-state index >= 15 is 0 Å². The van der Waals surface area contributed by atoms with Crippen molar-refractivity contribution in [3.8, 4) is 5.75 Å². The average Bonchev–Trinajstić information content (AvgIpc) is 2.50. The van der Waals surface area contributed by atoms with E-state index in [1.807, 2.05) is 0 Å². The van der Waals surface area contributed by atoms with Gasteiger partial charge in [-0.3, -0.25) is 15.5 Å². The van der Waals surface area contributed by atoms with Crippen LogP contribution in [0, 0.1) is 10.1 Å². The number of anilines is 1. The van der Waals surface area contributed by atoms with Gasteiger partial charge in [0.2, 0.25) is 0 Å². The van der Waals surface area contributed by atoms with Gasteiger partial charge in [-0.1, -0.05) is 11.6 Å². The van der Waals surface area contributed by atoms with Gasteiger partial charge in [0.15, 0.2) is 0 Å². The number of nitro benzene ring substituents is 1. The van der Waals surface area contributed by atoms with Crippen LogP contribution < -0.4 is 5.43 Å². The molecule has 0 amide bonds. The zero-order valence-corrected chi connectivity index (χ0v) is 14.4. The minimum atomic E-state index is -4.70. The van der Waals surface area contributed by atoms with Gasteiger partial charge in [0, 0.05) is 16.7 Å². The number of aromatic hydroxyl groups is 1. The van der Waals surface area contributed by atoms with Crippen LogP contribution in [0.2, 0.25) is 5.02 Å². The first-order valence-electron chi connectivity index (χ1n) is 6.42. The summed E-state index contributed by atoms with van der Waals surface area (Å²) in [6, 6.07) is 4.83. The second-order valence-corrected chi connectivity index (χ2v) is 5.97. The van der Waals surface area contributed by atoms with E-state index in [1.165, 1.54) is 12.1 Å². The largest absolute Gasteiger partial charge is 0.506 e. The SMILES string of the molecule is O=[N+]([O-])c1cc(C(F)(F)F)ccc1N/N=C/c1cc(Cl)cc(Br)c1O. The predicted molar refractivity (Wildman–Crippen MR) is 90.1 cm³/mol. The summed E-state index contributed by atoms with van der Waals surface area (Å²) in [5, 5.41) is 24.8. The third-order valence-electron chi connectivity index (χ3n) is 2.97. The Hall–Kier alpha value is -2.33. The normalized spacial score (nSPS) is 11.7. The van der Waals surface area contributed by atoms with Crippen LogP contribution in [-0.4, -0.2) is 16.2 Å². The molecule has 2 N–H and O–H groups in total. The maximum atomic E-state index is 12.6. The van der Waals surface area contributed by atoms with Crippen LogP contribution in [0.1, 0.15) is 11.1 Å². The number of hydrogen-bond donors (Lipinski definition) is 2. The summed E-state index contributed by atoms with van der Waals surface area (Å²) in [5.41, 5.74) is 0.297. The molecule has 0 saturated heterocycles. The summed E-state index contributed by atoms with van der Waals surface area (Å²) in [5.74, 6) is -0.170. The van der Waals surface area contributed by atoms with Crippen molar-refractivity contribution in [3.63, 3.8) is 0 Å². The fourth-order valence-electron chi connectivity index (χ4n) is 1.81. The fraction of sp³-hybridized carbons (Fsp3) is 0.0714. The number of hydrazone groups is 1. The smallest absolute Gasteiger partial charge is 0.416 e. The second-order valence-electron chi connectivity index (χ2n) is 4.68. The Bertz CT molecular complexity index is 859. The molecular weight excluding hydrogens is 431 g/mol. The molecule has 0 aliphatic carbocycles. The van der Waals surface area contributed by atoms with Gasteiger partial charge in [-0.25, -0.2) is 0 Å². The number of nitrogens with one attached hydrogen (secondary N) is 1. The van der Waals surface area contributed by atoms with E-state index in [0.717, 1.165) is 12.3 Å². The lowest BCUT2D eigenvalue weighted by atomic mass is 10.1. The number of rotatable bonds is 4. The molecule has 0 fully saturated rings. The number of phenolic OH excluding ortho intramolecular Hbond substituents is 1. The van der Waals surface area contributed by atoms with E-state index in [2.05, 4.69) is 26.5 Å². The Balaban J connectivity index is 2.30. The molecule has 2 rings (SSSR count). The van der Waals surface area contributed by atoms with Gasteiger partial charge in [0.25, 0.3) is 5.69 Å². The number of nitro groups is 1. The lowest BCUT2D eigenvalue weighted by Crippen LogP contribution is -2.06.